The van der Waals surface area contributed by atoms with E-state index in [0.29, 0.717) is 5.92 Å². The fraction of sp³-hybridized carbons (Fsp3) is 0.467. The SMILES string of the molecule is CC1CC(C)N(C(=O)C(C(N)=S)c2ccccc2)C1. The van der Waals surface area contributed by atoms with Crippen LogP contribution in [0.3, 0.4) is 0 Å². The monoisotopic (exact) mass is 276 g/mol. The van der Waals surface area contributed by atoms with Crippen LogP contribution in [0.2, 0.25) is 0 Å². The fourth-order valence-corrected chi connectivity index (χ4v) is 3.08. The Bertz CT molecular complexity index is 474. The molecule has 1 aliphatic rings. The van der Waals surface area contributed by atoms with E-state index < -0.39 is 5.92 Å². The first-order valence-corrected chi connectivity index (χ1v) is 7.06. The minimum absolute atomic E-state index is 0.0375. The molecule has 4 heteroatoms. The Labute approximate surface area is 119 Å². The molecule has 3 atom stereocenters. The summed E-state index contributed by atoms with van der Waals surface area (Å²) in [4.78, 5) is 14.9. The number of hydrogen-bond acceptors (Lipinski definition) is 2. The summed E-state index contributed by atoms with van der Waals surface area (Å²) in [6, 6.07) is 9.82. The maximum Gasteiger partial charge on any atom is 0.237 e. The minimum Gasteiger partial charge on any atom is -0.392 e. The van der Waals surface area contributed by atoms with Crippen LogP contribution < -0.4 is 5.73 Å². The predicted molar refractivity (Wildman–Crippen MR) is 80.9 cm³/mol. The second-order valence-electron chi connectivity index (χ2n) is 5.43. The minimum atomic E-state index is -0.496. The Morgan fingerprint density at radius 2 is 2.00 bits per heavy atom. The quantitative estimate of drug-likeness (QED) is 0.862. The lowest BCUT2D eigenvalue weighted by Gasteiger charge is -2.26. The van der Waals surface area contributed by atoms with Gasteiger partial charge < -0.3 is 10.6 Å². The molecule has 0 bridgehead atoms. The standard InChI is InChI=1S/C15H20N2OS/c1-10-8-11(2)17(9-10)15(18)13(14(16)19)12-6-4-3-5-7-12/h3-7,10-11,13H,8-9H2,1-2H3,(H2,16,19). The molecule has 0 saturated carbocycles. The van der Waals surface area contributed by atoms with Crippen LogP contribution in [0.5, 0.6) is 0 Å². The molecule has 0 spiro atoms. The molecule has 0 aliphatic carbocycles. The molecule has 1 saturated heterocycles. The van der Waals surface area contributed by atoms with Gasteiger partial charge in [-0.15, -0.1) is 0 Å². The second-order valence-corrected chi connectivity index (χ2v) is 5.90. The summed E-state index contributed by atoms with van der Waals surface area (Å²) < 4.78 is 0. The lowest BCUT2D eigenvalue weighted by atomic mass is 9.97. The van der Waals surface area contributed by atoms with E-state index in [1.54, 1.807) is 0 Å². The van der Waals surface area contributed by atoms with E-state index in [9.17, 15) is 4.79 Å². The molecule has 0 radical (unpaired) electrons. The van der Waals surface area contributed by atoms with Gasteiger partial charge in [-0.2, -0.15) is 0 Å². The van der Waals surface area contributed by atoms with Crippen LogP contribution in [0, 0.1) is 5.92 Å². The van der Waals surface area contributed by atoms with Crippen LogP contribution in [0.4, 0.5) is 0 Å². The van der Waals surface area contributed by atoms with Crippen molar-refractivity contribution in [2.75, 3.05) is 6.54 Å². The summed E-state index contributed by atoms with van der Waals surface area (Å²) in [5.74, 6) is 0.0845. The number of thiocarbonyl (C=S) groups is 1. The van der Waals surface area contributed by atoms with Gasteiger partial charge >= 0.3 is 0 Å². The molecule has 2 N–H and O–H groups in total. The van der Waals surface area contributed by atoms with Crippen molar-refractivity contribution in [1.82, 2.24) is 4.90 Å². The normalized spacial score (nSPS) is 24.2. The van der Waals surface area contributed by atoms with Gasteiger partial charge in [0.25, 0.3) is 0 Å². The highest BCUT2D eigenvalue weighted by molar-refractivity contribution is 7.80. The van der Waals surface area contributed by atoms with Gasteiger partial charge in [0, 0.05) is 12.6 Å². The first-order chi connectivity index (χ1) is 9.00. The van der Waals surface area contributed by atoms with Gasteiger partial charge in [0.05, 0.1) is 4.99 Å². The van der Waals surface area contributed by atoms with E-state index in [-0.39, 0.29) is 16.9 Å². The fourth-order valence-electron chi connectivity index (χ4n) is 2.85. The van der Waals surface area contributed by atoms with Gasteiger partial charge in [0.1, 0.15) is 5.92 Å². The van der Waals surface area contributed by atoms with E-state index in [4.69, 9.17) is 18.0 Å². The van der Waals surface area contributed by atoms with Crippen LogP contribution >= 0.6 is 12.2 Å². The average molecular weight is 276 g/mol. The number of likely N-dealkylation sites (tertiary alicyclic amines) is 1. The van der Waals surface area contributed by atoms with Crippen LogP contribution in [0.1, 0.15) is 31.7 Å². The topological polar surface area (TPSA) is 46.3 Å². The summed E-state index contributed by atoms with van der Waals surface area (Å²) in [5.41, 5.74) is 6.68. The Morgan fingerprint density at radius 3 is 2.47 bits per heavy atom. The number of rotatable bonds is 3. The smallest absolute Gasteiger partial charge is 0.237 e. The predicted octanol–water partition coefficient (Wildman–Crippen LogP) is 2.31. The van der Waals surface area contributed by atoms with E-state index in [1.165, 1.54) is 0 Å². The first-order valence-electron chi connectivity index (χ1n) is 6.65. The van der Waals surface area contributed by atoms with Gasteiger partial charge in [-0.1, -0.05) is 49.5 Å². The molecule has 3 nitrogen and oxygen atoms in total. The van der Waals surface area contributed by atoms with E-state index in [1.807, 2.05) is 35.2 Å². The molecule has 2 rings (SSSR count). The Balaban J connectivity index is 2.26. The third kappa shape index (κ3) is 2.95. The van der Waals surface area contributed by atoms with Gasteiger partial charge in [0.15, 0.2) is 0 Å². The van der Waals surface area contributed by atoms with Gasteiger partial charge in [-0.25, -0.2) is 0 Å². The molecule has 1 fully saturated rings. The lowest BCUT2D eigenvalue weighted by Crippen LogP contribution is -2.41. The number of hydrogen-bond donors (Lipinski definition) is 1. The highest BCUT2D eigenvalue weighted by Crippen LogP contribution is 2.27. The number of nitrogens with two attached hydrogens (primary N) is 1. The van der Waals surface area contributed by atoms with Crippen LogP contribution in [0.25, 0.3) is 0 Å². The number of carbonyl (C=O) groups is 1. The average Bonchev–Trinajstić information content (AvgIpc) is 2.69. The molecule has 1 heterocycles. The molecule has 3 unspecified atom stereocenters. The van der Waals surface area contributed by atoms with Crippen LogP contribution in [-0.4, -0.2) is 28.4 Å². The summed E-state index contributed by atoms with van der Waals surface area (Å²) in [7, 11) is 0. The number of nitrogens with zero attached hydrogens (tertiary/aromatic N) is 1. The van der Waals surface area contributed by atoms with E-state index in [2.05, 4.69) is 13.8 Å². The third-order valence-corrected chi connectivity index (χ3v) is 3.97. The molecule has 1 aliphatic heterocycles. The zero-order chi connectivity index (χ0) is 14.0. The zero-order valence-electron chi connectivity index (χ0n) is 11.4. The largest absolute Gasteiger partial charge is 0.392 e. The summed E-state index contributed by atoms with van der Waals surface area (Å²) >= 11 is 5.11. The maximum absolute atomic E-state index is 12.7. The lowest BCUT2D eigenvalue weighted by molar-refractivity contribution is -0.131. The van der Waals surface area contributed by atoms with Crippen LogP contribution in [0.15, 0.2) is 30.3 Å². The zero-order valence-corrected chi connectivity index (χ0v) is 12.2. The van der Waals surface area contributed by atoms with Crippen molar-refractivity contribution < 1.29 is 4.79 Å². The second kappa shape index (κ2) is 5.70. The molecule has 1 aromatic carbocycles. The molecular formula is C15H20N2OS. The Kier molecular flexibility index (Phi) is 4.20. The van der Waals surface area contributed by atoms with Crippen molar-refractivity contribution in [2.24, 2.45) is 11.7 Å². The number of benzene rings is 1. The van der Waals surface area contributed by atoms with E-state index >= 15 is 0 Å². The van der Waals surface area contributed by atoms with Crippen molar-refractivity contribution in [3.8, 4) is 0 Å². The number of amides is 1. The van der Waals surface area contributed by atoms with Crippen molar-refractivity contribution in [2.45, 2.75) is 32.2 Å². The van der Waals surface area contributed by atoms with Crippen molar-refractivity contribution >= 4 is 23.1 Å². The third-order valence-electron chi connectivity index (χ3n) is 3.73. The molecule has 1 amide bonds. The summed E-state index contributed by atoms with van der Waals surface area (Å²) in [5, 5.41) is 0. The van der Waals surface area contributed by atoms with Crippen LogP contribution in [-0.2, 0) is 4.79 Å². The summed E-state index contributed by atoms with van der Waals surface area (Å²) in [6.07, 6.45) is 1.05. The molecular weight excluding hydrogens is 256 g/mol. The molecule has 0 aromatic heterocycles. The van der Waals surface area contributed by atoms with Crippen molar-refractivity contribution in [3.63, 3.8) is 0 Å². The first kappa shape index (κ1) is 14.0. The Morgan fingerprint density at radius 1 is 1.37 bits per heavy atom. The summed E-state index contributed by atoms with van der Waals surface area (Å²) in [6.45, 7) is 5.05. The molecule has 102 valence electrons. The highest BCUT2D eigenvalue weighted by atomic mass is 32.1. The van der Waals surface area contributed by atoms with Crippen molar-refractivity contribution in [1.29, 1.82) is 0 Å². The van der Waals surface area contributed by atoms with Crippen molar-refractivity contribution in [3.05, 3.63) is 35.9 Å². The molecule has 1 aromatic rings. The van der Waals surface area contributed by atoms with Gasteiger partial charge in [-0.05, 0) is 24.8 Å². The van der Waals surface area contributed by atoms with Gasteiger partial charge in [-0.3, -0.25) is 4.79 Å². The highest BCUT2D eigenvalue weighted by Gasteiger charge is 2.35. The number of carbonyl (C=O) groups excluding carboxylic acids is 1. The van der Waals surface area contributed by atoms with Gasteiger partial charge in [0.2, 0.25) is 5.91 Å². The molecule has 19 heavy (non-hydrogen) atoms. The van der Waals surface area contributed by atoms with E-state index in [0.717, 1.165) is 18.5 Å². The maximum atomic E-state index is 12.7. The Hall–Kier alpha value is -1.42.